The fraction of sp³-hybridized carbons (Fsp3) is 0.889. The van der Waals surface area contributed by atoms with E-state index in [1.165, 1.54) is 225 Å². The minimum absolute atomic E-state index is 0.136. The van der Waals surface area contributed by atoms with Gasteiger partial charge in [-0.3, -0.25) is 4.79 Å². The summed E-state index contributed by atoms with van der Waals surface area (Å²) in [4.78, 5) is 13.1. The van der Waals surface area contributed by atoms with Crippen LogP contribution in [-0.2, 0) is 14.3 Å². The van der Waals surface area contributed by atoms with E-state index in [0.29, 0.717) is 12.8 Å². The molecule has 0 aromatic rings. The molecule has 0 bridgehead atoms. The number of rotatable bonds is 54. The summed E-state index contributed by atoms with van der Waals surface area (Å²) in [6, 6.07) is -0.720. The van der Waals surface area contributed by atoms with Gasteiger partial charge in [-0.05, 0) is 51.4 Å². The average molecular weight is 1020 g/mol. The van der Waals surface area contributed by atoms with Crippen LogP contribution in [0.3, 0.4) is 0 Å². The summed E-state index contributed by atoms with van der Waals surface area (Å²) in [6.45, 7) is 3.86. The molecule has 424 valence electrons. The summed E-state index contributed by atoms with van der Waals surface area (Å²) in [5, 5.41) is 54.8. The lowest BCUT2D eigenvalue weighted by Crippen LogP contribution is -2.60. The summed E-state index contributed by atoms with van der Waals surface area (Å²) in [7, 11) is 0. The summed E-state index contributed by atoms with van der Waals surface area (Å²) in [6.07, 6.45) is 61.8. The van der Waals surface area contributed by atoms with E-state index in [1.54, 1.807) is 0 Å². The summed E-state index contributed by atoms with van der Waals surface area (Å²) >= 11 is 0. The smallest absolute Gasteiger partial charge is 0.220 e. The lowest BCUT2D eigenvalue weighted by Gasteiger charge is -2.40. The highest BCUT2D eigenvalue weighted by molar-refractivity contribution is 5.76. The Bertz CT molecular complexity index is 1230. The van der Waals surface area contributed by atoms with Crippen LogP contribution in [0.5, 0.6) is 0 Å². The molecule has 1 amide bonds. The number of carbonyl (C=O) groups excluding carboxylic acids is 1. The Morgan fingerprint density at radius 3 is 1.21 bits per heavy atom. The molecule has 9 nitrogen and oxygen atoms in total. The highest BCUT2D eigenvalue weighted by Crippen LogP contribution is 2.23. The molecule has 72 heavy (non-hydrogen) atoms. The van der Waals surface area contributed by atoms with Crippen molar-refractivity contribution < 1.29 is 39.8 Å². The average Bonchev–Trinajstić information content (AvgIpc) is 3.38. The number of amides is 1. The van der Waals surface area contributed by atoms with E-state index >= 15 is 0 Å². The molecule has 0 aromatic carbocycles. The van der Waals surface area contributed by atoms with Crippen molar-refractivity contribution in [3.8, 4) is 0 Å². The van der Waals surface area contributed by atoms with Crippen LogP contribution in [0.15, 0.2) is 36.5 Å². The number of aliphatic hydroxyl groups excluding tert-OH is 5. The molecule has 6 N–H and O–H groups in total. The molecule has 7 unspecified atom stereocenters. The van der Waals surface area contributed by atoms with Gasteiger partial charge < -0.3 is 40.3 Å². The van der Waals surface area contributed by atoms with Crippen LogP contribution in [0.4, 0.5) is 0 Å². The SMILES string of the molecule is CCCCCCC/C=C\C/C=C\C/C=C\CCCCCCCCCCCCCCCCC(=O)NC(COC1OC(CO)C(O)C(O)C1O)C(O)CCCCCCCCCCCCCCCCCCCCCC. The van der Waals surface area contributed by atoms with E-state index in [2.05, 4.69) is 55.6 Å². The number of nitrogens with one attached hydrogen (secondary N) is 1. The standard InChI is InChI=1S/C63H119NO8/c1-3-5-7-9-11-13-15-17-19-21-23-25-26-27-28-29-30-31-32-33-35-37-39-41-43-45-47-49-51-53-59(67)64-56(55-71-63-62(70)61(69)60(68)58(54-65)72-63)57(66)52-50-48-46-44-42-40-38-36-34-24-22-20-18-16-14-12-10-8-6-4-2/h15,17,21,23,26-27,56-58,60-63,65-66,68-70H,3-14,16,18-20,22,24-25,28-55H2,1-2H3,(H,64,67)/b17-15-,23-21-,27-26-. The van der Waals surface area contributed by atoms with Gasteiger partial charge in [-0.15, -0.1) is 0 Å². The molecule has 0 aromatic heterocycles. The Labute approximate surface area is 444 Å². The molecule has 1 saturated heterocycles. The van der Waals surface area contributed by atoms with Crippen molar-refractivity contribution >= 4 is 5.91 Å². The van der Waals surface area contributed by atoms with Gasteiger partial charge >= 0.3 is 0 Å². The van der Waals surface area contributed by atoms with Gasteiger partial charge in [-0.25, -0.2) is 0 Å². The lowest BCUT2D eigenvalue weighted by molar-refractivity contribution is -0.302. The topological polar surface area (TPSA) is 149 Å². The van der Waals surface area contributed by atoms with E-state index < -0.39 is 49.5 Å². The Kier molecular flexibility index (Phi) is 50.2. The van der Waals surface area contributed by atoms with Crippen molar-refractivity contribution in [1.82, 2.24) is 5.32 Å². The quantitative estimate of drug-likeness (QED) is 0.0261. The zero-order valence-corrected chi connectivity index (χ0v) is 47.2. The molecule has 1 aliphatic heterocycles. The maximum atomic E-state index is 13.1. The zero-order valence-electron chi connectivity index (χ0n) is 47.2. The predicted molar refractivity (Wildman–Crippen MR) is 304 cm³/mol. The Balaban J connectivity index is 2.16. The van der Waals surface area contributed by atoms with E-state index in [0.717, 1.165) is 51.4 Å². The van der Waals surface area contributed by atoms with Gasteiger partial charge in [0.15, 0.2) is 6.29 Å². The molecule has 9 heteroatoms. The fourth-order valence-electron chi connectivity index (χ4n) is 10.1. The Morgan fingerprint density at radius 2 is 0.819 bits per heavy atom. The summed E-state index contributed by atoms with van der Waals surface area (Å²) in [5.41, 5.74) is 0. The number of allylic oxidation sites excluding steroid dienone is 6. The first-order valence-electron chi connectivity index (χ1n) is 31.2. The van der Waals surface area contributed by atoms with Gasteiger partial charge in [0.2, 0.25) is 5.91 Å². The molecular formula is C63H119NO8. The second-order valence-electron chi connectivity index (χ2n) is 21.9. The highest BCUT2D eigenvalue weighted by Gasteiger charge is 2.44. The van der Waals surface area contributed by atoms with Gasteiger partial charge in [0.05, 0.1) is 25.4 Å². The van der Waals surface area contributed by atoms with Gasteiger partial charge in [0.1, 0.15) is 24.4 Å². The maximum absolute atomic E-state index is 13.1. The maximum Gasteiger partial charge on any atom is 0.220 e. The van der Waals surface area contributed by atoms with Crippen molar-refractivity contribution in [2.45, 2.75) is 346 Å². The summed E-state index contributed by atoms with van der Waals surface area (Å²) in [5.74, 6) is -0.141. The number of ether oxygens (including phenoxy) is 2. The molecule has 0 spiro atoms. The van der Waals surface area contributed by atoms with Crippen molar-refractivity contribution in [2.75, 3.05) is 13.2 Å². The first-order valence-corrected chi connectivity index (χ1v) is 31.2. The van der Waals surface area contributed by atoms with Crippen LogP contribution < -0.4 is 5.32 Å². The van der Waals surface area contributed by atoms with Crippen LogP contribution in [0, 0.1) is 0 Å². The minimum Gasteiger partial charge on any atom is -0.394 e. The van der Waals surface area contributed by atoms with Crippen LogP contribution in [0.2, 0.25) is 0 Å². The summed E-state index contributed by atoms with van der Waals surface area (Å²) < 4.78 is 11.3. The third-order valence-corrected chi connectivity index (χ3v) is 15.0. The molecule has 0 aliphatic carbocycles. The van der Waals surface area contributed by atoms with Crippen molar-refractivity contribution in [2.24, 2.45) is 0 Å². The first-order chi connectivity index (χ1) is 35.3. The monoisotopic (exact) mass is 1020 g/mol. The van der Waals surface area contributed by atoms with Crippen LogP contribution in [0.25, 0.3) is 0 Å². The zero-order chi connectivity index (χ0) is 52.2. The third kappa shape index (κ3) is 41.6. The molecule has 1 rings (SSSR count). The van der Waals surface area contributed by atoms with E-state index in [9.17, 15) is 30.3 Å². The predicted octanol–water partition coefficient (Wildman–Crippen LogP) is 15.9. The number of carbonyl (C=O) groups is 1. The largest absolute Gasteiger partial charge is 0.394 e. The van der Waals surface area contributed by atoms with Crippen molar-refractivity contribution in [1.29, 1.82) is 0 Å². The number of unbranched alkanes of at least 4 members (excludes halogenated alkanes) is 38. The number of hydrogen-bond donors (Lipinski definition) is 6. The first kappa shape index (κ1) is 68.4. The van der Waals surface area contributed by atoms with Gasteiger partial charge in [-0.1, -0.05) is 281 Å². The molecular weight excluding hydrogens is 899 g/mol. The molecule has 0 saturated carbocycles. The Morgan fingerprint density at radius 1 is 0.472 bits per heavy atom. The van der Waals surface area contributed by atoms with Crippen molar-refractivity contribution in [3.63, 3.8) is 0 Å². The minimum atomic E-state index is -1.55. The fourth-order valence-corrected chi connectivity index (χ4v) is 10.1. The van der Waals surface area contributed by atoms with Gasteiger partial charge in [-0.2, -0.15) is 0 Å². The number of hydrogen-bond acceptors (Lipinski definition) is 8. The number of aliphatic hydroxyl groups is 5. The van der Waals surface area contributed by atoms with Crippen LogP contribution >= 0.6 is 0 Å². The molecule has 1 aliphatic rings. The van der Waals surface area contributed by atoms with Crippen LogP contribution in [0.1, 0.15) is 303 Å². The van der Waals surface area contributed by atoms with Gasteiger partial charge in [0.25, 0.3) is 0 Å². The van der Waals surface area contributed by atoms with Crippen LogP contribution in [-0.4, -0.2) is 87.5 Å². The molecule has 0 radical (unpaired) electrons. The normalized spacial score (nSPS) is 19.3. The van der Waals surface area contributed by atoms with E-state index in [-0.39, 0.29) is 12.5 Å². The van der Waals surface area contributed by atoms with Gasteiger partial charge in [0, 0.05) is 6.42 Å². The molecule has 7 atom stereocenters. The molecule has 1 heterocycles. The second-order valence-corrected chi connectivity index (χ2v) is 21.9. The molecule has 1 fully saturated rings. The Hall–Kier alpha value is -1.59. The second kappa shape index (κ2) is 52.8. The highest BCUT2D eigenvalue weighted by atomic mass is 16.7. The van der Waals surface area contributed by atoms with E-state index in [4.69, 9.17) is 9.47 Å². The van der Waals surface area contributed by atoms with Crippen molar-refractivity contribution in [3.05, 3.63) is 36.5 Å². The lowest BCUT2D eigenvalue weighted by atomic mass is 9.99. The van der Waals surface area contributed by atoms with E-state index in [1.807, 2.05) is 0 Å². The third-order valence-electron chi connectivity index (χ3n) is 15.0.